The molecular weight excluding hydrogens is 220 g/mol. The Bertz CT molecular complexity index is 349. The minimum Gasteiger partial charge on any atom is -0.385 e. The van der Waals surface area contributed by atoms with Gasteiger partial charge >= 0.3 is 0 Å². The molecule has 1 N–H and O–H groups in total. The van der Waals surface area contributed by atoms with Crippen molar-refractivity contribution < 1.29 is 9.66 Å². The van der Waals surface area contributed by atoms with Crippen molar-refractivity contribution in [3.8, 4) is 0 Å². The van der Waals surface area contributed by atoms with E-state index in [2.05, 4.69) is 5.32 Å². The highest BCUT2D eigenvalue weighted by molar-refractivity contribution is 5.48. The predicted octanol–water partition coefficient (Wildman–Crippen LogP) is 2.82. The first-order valence-electron chi connectivity index (χ1n) is 5.69. The first-order chi connectivity index (χ1) is 8.09. The number of hydrogen-bond donors (Lipinski definition) is 1. The van der Waals surface area contributed by atoms with Crippen LogP contribution in [0.5, 0.6) is 0 Å². The van der Waals surface area contributed by atoms with Crippen molar-refractivity contribution in [2.45, 2.75) is 26.4 Å². The second kappa shape index (κ2) is 6.85. The van der Waals surface area contributed by atoms with Crippen LogP contribution in [0.1, 0.15) is 20.3 Å². The lowest BCUT2D eigenvalue weighted by Gasteiger charge is -2.08. The number of non-ortho nitro benzene ring substituents is 1. The van der Waals surface area contributed by atoms with Crippen molar-refractivity contribution in [1.82, 2.24) is 0 Å². The van der Waals surface area contributed by atoms with Crippen LogP contribution in [0.3, 0.4) is 0 Å². The molecule has 0 amide bonds. The fraction of sp³-hybridized carbons (Fsp3) is 0.500. The van der Waals surface area contributed by atoms with Crippen LogP contribution in [0.25, 0.3) is 0 Å². The van der Waals surface area contributed by atoms with Gasteiger partial charge in [-0.2, -0.15) is 0 Å². The van der Waals surface area contributed by atoms with Gasteiger partial charge in [0.25, 0.3) is 5.69 Å². The van der Waals surface area contributed by atoms with E-state index in [4.69, 9.17) is 4.74 Å². The molecule has 1 aromatic carbocycles. The molecular formula is C12H18N2O3. The first-order valence-corrected chi connectivity index (χ1v) is 5.69. The molecule has 5 nitrogen and oxygen atoms in total. The number of anilines is 1. The molecule has 0 radical (unpaired) electrons. The van der Waals surface area contributed by atoms with E-state index in [1.54, 1.807) is 12.1 Å². The summed E-state index contributed by atoms with van der Waals surface area (Å²) in [6.45, 7) is 5.52. The molecule has 17 heavy (non-hydrogen) atoms. The molecule has 0 saturated heterocycles. The highest BCUT2D eigenvalue weighted by atomic mass is 16.6. The molecule has 0 aliphatic carbocycles. The Labute approximate surface area is 101 Å². The third kappa shape index (κ3) is 5.31. The van der Waals surface area contributed by atoms with Gasteiger partial charge in [0.15, 0.2) is 0 Å². The highest BCUT2D eigenvalue weighted by Gasteiger charge is 2.03. The van der Waals surface area contributed by atoms with Gasteiger partial charge in [0.05, 0.1) is 11.0 Å². The molecule has 0 spiro atoms. The van der Waals surface area contributed by atoms with Crippen LogP contribution in [0, 0.1) is 10.1 Å². The maximum atomic E-state index is 10.4. The van der Waals surface area contributed by atoms with Crippen LogP contribution < -0.4 is 5.32 Å². The van der Waals surface area contributed by atoms with E-state index in [1.807, 2.05) is 13.8 Å². The third-order valence-electron chi connectivity index (χ3n) is 2.18. The number of ether oxygens (including phenoxy) is 1. The van der Waals surface area contributed by atoms with Gasteiger partial charge in [0.1, 0.15) is 0 Å². The summed E-state index contributed by atoms with van der Waals surface area (Å²) >= 11 is 0. The summed E-state index contributed by atoms with van der Waals surface area (Å²) in [5.41, 5.74) is 0.999. The zero-order chi connectivity index (χ0) is 12.7. The Hall–Kier alpha value is -1.62. The molecule has 1 rings (SSSR count). The fourth-order valence-electron chi connectivity index (χ4n) is 1.32. The molecule has 0 aromatic heterocycles. The van der Waals surface area contributed by atoms with E-state index >= 15 is 0 Å². The smallest absolute Gasteiger partial charge is 0.269 e. The summed E-state index contributed by atoms with van der Waals surface area (Å²) in [6, 6.07) is 6.41. The standard InChI is InChI=1S/C12H18N2O3/c1-10(2)17-9-3-8-13-11-4-6-12(7-5-11)14(15)16/h4-7,10,13H,3,8-9H2,1-2H3. The zero-order valence-electron chi connectivity index (χ0n) is 10.2. The summed E-state index contributed by atoms with van der Waals surface area (Å²) in [5, 5.41) is 13.6. The Morgan fingerprint density at radius 3 is 2.53 bits per heavy atom. The molecule has 0 unspecified atom stereocenters. The van der Waals surface area contributed by atoms with Gasteiger partial charge in [-0.3, -0.25) is 10.1 Å². The number of nitro groups is 1. The number of nitrogens with zero attached hydrogens (tertiary/aromatic N) is 1. The van der Waals surface area contributed by atoms with Crippen molar-refractivity contribution >= 4 is 11.4 Å². The number of benzene rings is 1. The molecule has 0 heterocycles. The Morgan fingerprint density at radius 2 is 2.00 bits per heavy atom. The maximum absolute atomic E-state index is 10.4. The zero-order valence-corrected chi connectivity index (χ0v) is 10.2. The number of rotatable bonds is 7. The molecule has 5 heteroatoms. The van der Waals surface area contributed by atoms with E-state index in [1.165, 1.54) is 12.1 Å². The van der Waals surface area contributed by atoms with E-state index in [-0.39, 0.29) is 11.8 Å². The van der Waals surface area contributed by atoms with E-state index < -0.39 is 4.92 Å². The average Bonchev–Trinajstić information content (AvgIpc) is 2.29. The van der Waals surface area contributed by atoms with Gasteiger partial charge in [0.2, 0.25) is 0 Å². The summed E-state index contributed by atoms with van der Waals surface area (Å²) in [5.74, 6) is 0. The largest absolute Gasteiger partial charge is 0.385 e. The molecule has 1 aromatic rings. The maximum Gasteiger partial charge on any atom is 0.269 e. The van der Waals surface area contributed by atoms with Gasteiger partial charge in [-0.15, -0.1) is 0 Å². The van der Waals surface area contributed by atoms with Crippen LogP contribution in [-0.4, -0.2) is 24.2 Å². The SMILES string of the molecule is CC(C)OCCCNc1ccc([N+](=O)[O-])cc1. The van der Waals surface area contributed by atoms with Gasteiger partial charge in [-0.05, 0) is 32.4 Å². The second-order valence-electron chi connectivity index (χ2n) is 4.00. The van der Waals surface area contributed by atoms with Gasteiger partial charge in [0, 0.05) is 31.0 Å². The van der Waals surface area contributed by atoms with Crippen molar-refractivity contribution in [1.29, 1.82) is 0 Å². The molecule has 0 aliphatic heterocycles. The molecule has 0 fully saturated rings. The lowest BCUT2D eigenvalue weighted by atomic mass is 10.3. The van der Waals surface area contributed by atoms with Gasteiger partial charge in [-0.25, -0.2) is 0 Å². The van der Waals surface area contributed by atoms with Crippen LogP contribution >= 0.6 is 0 Å². The average molecular weight is 238 g/mol. The minimum atomic E-state index is -0.403. The molecule has 0 aliphatic rings. The predicted molar refractivity (Wildman–Crippen MR) is 67.3 cm³/mol. The number of nitro benzene ring substituents is 1. The van der Waals surface area contributed by atoms with Crippen LogP contribution in [-0.2, 0) is 4.74 Å². The van der Waals surface area contributed by atoms with E-state index in [9.17, 15) is 10.1 Å². The highest BCUT2D eigenvalue weighted by Crippen LogP contribution is 2.15. The topological polar surface area (TPSA) is 64.4 Å². The monoisotopic (exact) mass is 238 g/mol. The van der Waals surface area contributed by atoms with Crippen molar-refractivity contribution in [3.63, 3.8) is 0 Å². The fourth-order valence-corrected chi connectivity index (χ4v) is 1.32. The van der Waals surface area contributed by atoms with Gasteiger partial charge in [-0.1, -0.05) is 0 Å². The number of hydrogen-bond acceptors (Lipinski definition) is 4. The van der Waals surface area contributed by atoms with Crippen molar-refractivity contribution in [2.24, 2.45) is 0 Å². The Morgan fingerprint density at radius 1 is 1.35 bits per heavy atom. The van der Waals surface area contributed by atoms with Crippen LogP contribution in [0.15, 0.2) is 24.3 Å². The van der Waals surface area contributed by atoms with Crippen LogP contribution in [0.4, 0.5) is 11.4 Å². The van der Waals surface area contributed by atoms with E-state index in [0.717, 1.165) is 25.3 Å². The van der Waals surface area contributed by atoms with Crippen molar-refractivity contribution in [2.75, 3.05) is 18.5 Å². The molecule has 0 bridgehead atoms. The summed E-state index contributed by atoms with van der Waals surface area (Å²) in [6.07, 6.45) is 1.17. The molecule has 0 atom stereocenters. The third-order valence-corrected chi connectivity index (χ3v) is 2.18. The quantitative estimate of drug-likeness (QED) is 0.450. The summed E-state index contributed by atoms with van der Waals surface area (Å²) in [7, 11) is 0. The summed E-state index contributed by atoms with van der Waals surface area (Å²) < 4.78 is 5.40. The van der Waals surface area contributed by atoms with Crippen molar-refractivity contribution in [3.05, 3.63) is 34.4 Å². The summed E-state index contributed by atoms with van der Waals surface area (Å²) in [4.78, 5) is 10.0. The minimum absolute atomic E-state index is 0.110. The Kier molecular flexibility index (Phi) is 5.42. The normalized spacial score (nSPS) is 10.5. The van der Waals surface area contributed by atoms with Crippen LogP contribution in [0.2, 0.25) is 0 Å². The molecule has 0 saturated carbocycles. The lowest BCUT2D eigenvalue weighted by molar-refractivity contribution is -0.384. The number of nitrogens with one attached hydrogen (secondary N) is 1. The van der Waals surface area contributed by atoms with E-state index in [0.29, 0.717) is 0 Å². The van der Waals surface area contributed by atoms with Gasteiger partial charge < -0.3 is 10.1 Å². The first kappa shape index (κ1) is 13.4. The Balaban J connectivity index is 2.25. The lowest BCUT2D eigenvalue weighted by Crippen LogP contribution is -2.09. The second-order valence-corrected chi connectivity index (χ2v) is 4.00. The molecule has 94 valence electrons.